The molecule has 2 fully saturated rings. The number of allylic oxidation sites excluding steroid dienone is 2. The van der Waals surface area contributed by atoms with Crippen molar-refractivity contribution in [1.29, 1.82) is 0 Å². The van der Waals surface area contributed by atoms with Gasteiger partial charge < -0.3 is 18.6 Å². The standard InChI is InChI=1S/C65H105B2N5O4S2/c1-13-16-19-22-25-28-31-34-37-40-43-50-46-54(77-57(50)58-51(44-41-38-35-32-29-26-23-20-17-14-2)47-55(78-58)67-75-64(9,10)65(11,12)76-67)52-48-53(66-73-62(5,6)63(7,8)74-66)60-70-56(71-61-69-49(4)68-59(52)72(60)61)45-42-39-36-33-30-27-24-21-18-15-3/h46-48H,13-45H2,1-12H3. The Bertz CT molecular complexity index is 2390. The number of amidine groups is 3. The Morgan fingerprint density at radius 2 is 0.846 bits per heavy atom. The lowest BCUT2D eigenvalue weighted by Crippen LogP contribution is -2.47. The van der Waals surface area contributed by atoms with Crippen molar-refractivity contribution < 1.29 is 18.6 Å². The van der Waals surface area contributed by atoms with Crippen molar-refractivity contribution in [3.63, 3.8) is 0 Å². The molecule has 0 radical (unpaired) electrons. The SMILES string of the molecule is CCCCCCCCCCCCC1=NC2=NC(C)=NC3=C(c4cc(CCCCCCCCCCCC)c(-c5sc(B6OC(C)(C)C(C)(C)O6)cc5CCCCCCCCCCCC)s4)C=C(B4OC(C)(C)C(C)(C)O4)C(=N1)N23. The van der Waals surface area contributed by atoms with Gasteiger partial charge >= 0.3 is 14.2 Å². The number of unbranched alkanes of at least 4 members (excludes halogenated alkanes) is 27. The molecule has 0 spiro atoms. The third-order valence-electron chi connectivity index (χ3n) is 17.9. The Morgan fingerprint density at radius 3 is 1.31 bits per heavy atom. The van der Waals surface area contributed by atoms with E-state index in [2.05, 4.69) is 99.3 Å². The Balaban J connectivity index is 1.21. The smallest absolute Gasteiger partial charge is 0.399 e. The molecule has 13 heteroatoms. The maximum Gasteiger partial charge on any atom is 0.505 e. The molecule has 0 aromatic carbocycles. The lowest BCUT2D eigenvalue weighted by Gasteiger charge is -2.36. The third kappa shape index (κ3) is 16.8. The van der Waals surface area contributed by atoms with Crippen LogP contribution in [0.5, 0.6) is 0 Å². The summed E-state index contributed by atoms with van der Waals surface area (Å²) in [4.78, 5) is 27.0. The molecule has 0 atom stereocenters. The van der Waals surface area contributed by atoms with Crippen LogP contribution in [0.2, 0.25) is 0 Å². The summed E-state index contributed by atoms with van der Waals surface area (Å²) in [6.45, 7) is 26.1. The van der Waals surface area contributed by atoms with Crippen LogP contribution >= 0.6 is 22.7 Å². The van der Waals surface area contributed by atoms with Crippen molar-refractivity contribution in [2.75, 3.05) is 0 Å². The van der Waals surface area contributed by atoms with Gasteiger partial charge in [0.25, 0.3) is 0 Å². The molecule has 0 amide bonds. The Kier molecular flexibility index (Phi) is 24.2. The zero-order chi connectivity index (χ0) is 55.8. The average Bonchev–Trinajstić information content (AvgIpc) is 4.26. The number of thiophene rings is 2. The number of aryl methyl sites for hydroxylation is 2. The zero-order valence-electron chi connectivity index (χ0n) is 51.4. The number of hydrogen-bond donors (Lipinski definition) is 0. The molecule has 2 aromatic heterocycles. The van der Waals surface area contributed by atoms with Gasteiger partial charge in [-0.1, -0.05) is 194 Å². The number of aliphatic imine (C=N–C) groups is 4. The molecule has 7 rings (SSSR count). The monoisotopic (exact) mass is 1110 g/mol. The highest BCUT2D eigenvalue weighted by molar-refractivity contribution is 7.28. The molecule has 5 aliphatic rings. The molecule has 0 N–H and O–H groups in total. The van der Waals surface area contributed by atoms with Crippen LogP contribution in [0, 0.1) is 0 Å². The molecule has 2 saturated heterocycles. The normalized spacial score (nSPS) is 19.1. The summed E-state index contributed by atoms with van der Waals surface area (Å²) in [5.74, 6) is 3.76. The minimum atomic E-state index is -0.631. The van der Waals surface area contributed by atoms with E-state index in [1.54, 1.807) is 0 Å². The van der Waals surface area contributed by atoms with Crippen LogP contribution in [0.3, 0.4) is 0 Å². The van der Waals surface area contributed by atoms with E-state index in [0.29, 0.717) is 11.8 Å². The lowest BCUT2D eigenvalue weighted by atomic mass is 9.74. The first-order chi connectivity index (χ1) is 37.5. The number of guanidine groups is 1. The molecule has 0 unspecified atom stereocenters. The third-order valence-corrected chi connectivity index (χ3v) is 20.4. The molecule has 0 aliphatic carbocycles. The van der Waals surface area contributed by atoms with E-state index < -0.39 is 36.6 Å². The van der Waals surface area contributed by atoms with Gasteiger partial charge in [0.15, 0.2) is 5.82 Å². The quantitative estimate of drug-likeness (QED) is 0.0497. The summed E-state index contributed by atoms with van der Waals surface area (Å²) in [6.07, 6.45) is 44.5. The highest BCUT2D eigenvalue weighted by Gasteiger charge is 2.56. The molecular weight excluding hydrogens is 1000 g/mol. The van der Waals surface area contributed by atoms with Gasteiger partial charge in [0.2, 0.25) is 5.96 Å². The minimum absolute atomic E-state index is 0.400. The van der Waals surface area contributed by atoms with E-state index in [1.165, 1.54) is 210 Å². The van der Waals surface area contributed by atoms with Crippen LogP contribution in [-0.4, -0.2) is 65.0 Å². The minimum Gasteiger partial charge on any atom is -0.399 e. The summed E-state index contributed by atoms with van der Waals surface area (Å²) in [5.41, 5.74) is 2.88. The predicted molar refractivity (Wildman–Crippen MR) is 339 cm³/mol. The van der Waals surface area contributed by atoms with Crippen molar-refractivity contribution in [1.82, 2.24) is 4.90 Å². The van der Waals surface area contributed by atoms with Crippen LogP contribution in [0.15, 0.2) is 49.5 Å². The number of hydrogen-bond acceptors (Lipinski definition) is 11. The topological polar surface area (TPSA) is 89.6 Å². The molecule has 0 bridgehead atoms. The van der Waals surface area contributed by atoms with Crippen LogP contribution in [0.1, 0.15) is 298 Å². The van der Waals surface area contributed by atoms with E-state index in [1.807, 2.05) is 29.6 Å². The first-order valence-electron chi connectivity index (χ1n) is 32.0. The molecule has 9 nitrogen and oxygen atoms in total. The fraction of sp³-hybridized carbons (Fsp3) is 0.754. The molecule has 78 heavy (non-hydrogen) atoms. The highest BCUT2D eigenvalue weighted by Crippen LogP contribution is 2.48. The van der Waals surface area contributed by atoms with Crippen LogP contribution < -0.4 is 4.78 Å². The Labute approximate surface area is 484 Å². The largest absolute Gasteiger partial charge is 0.505 e. The van der Waals surface area contributed by atoms with Crippen molar-refractivity contribution in [3.8, 4) is 9.75 Å². The molecule has 432 valence electrons. The second-order valence-corrected chi connectivity index (χ2v) is 27.8. The van der Waals surface area contributed by atoms with Gasteiger partial charge in [-0.3, -0.25) is 0 Å². The summed E-state index contributed by atoms with van der Waals surface area (Å²) in [7, 11) is -1.03. The maximum absolute atomic E-state index is 6.93. The van der Waals surface area contributed by atoms with Gasteiger partial charge in [-0.2, -0.15) is 9.98 Å². The van der Waals surface area contributed by atoms with Crippen LogP contribution in [0.4, 0.5) is 0 Å². The van der Waals surface area contributed by atoms with E-state index in [9.17, 15) is 0 Å². The van der Waals surface area contributed by atoms with Gasteiger partial charge in [-0.25, -0.2) is 14.9 Å². The van der Waals surface area contributed by atoms with Gasteiger partial charge in [0.1, 0.15) is 17.5 Å². The summed E-state index contributed by atoms with van der Waals surface area (Å²) in [6, 6.07) is 4.94. The number of nitrogens with zero attached hydrogens (tertiary/aromatic N) is 5. The number of rotatable bonds is 37. The zero-order valence-corrected chi connectivity index (χ0v) is 53.0. The van der Waals surface area contributed by atoms with E-state index >= 15 is 0 Å². The first-order valence-corrected chi connectivity index (χ1v) is 33.7. The predicted octanol–water partition coefficient (Wildman–Crippen LogP) is 19.2. The van der Waals surface area contributed by atoms with Crippen molar-refractivity contribution in [3.05, 3.63) is 45.5 Å². The molecule has 7 heterocycles. The fourth-order valence-corrected chi connectivity index (χ4v) is 14.0. The Morgan fingerprint density at radius 1 is 0.449 bits per heavy atom. The van der Waals surface area contributed by atoms with E-state index in [-0.39, 0.29) is 0 Å². The van der Waals surface area contributed by atoms with Crippen LogP contribution in [-0.2, 0) is 31.5 Å². The van der Waals surface area contributed by atoms with E-state index in [0.717, 1.165) is 60.6 Å². The molecule has 0 saturated carbocycles. The highest BCUT2D eigenvalue weighted by atomic mass is 32.1. The summed E-state index contributed by atoms with van der Waals surface area (Å²) < 4.78 is 28.6. The Hall–Kier alpha value is -2.67. The van der Waals surface area contributed by atoms with Gasteiger partial charge in [-0.15, -0.1) is 22.7 Å². The van der Waals surface area contributed by atoms with Crippen molar-refractivity contribution in [2.45, 2.75) is 317 Å². The van der Waals surface area contributed by atoms with Crippen LogP contribution in [0.25, 0.3) is 15.3 Å². The second kappa shape index (κ2) is 30.0. The lowest BCUT2D eigenvalue weighted by molar-refractivity contribution is 0.00578. The summed E-state index contributed by atoms with van der Waals surface area (Å²) in [5, 5.41) is 0. The summed E-state index contributed by atoms with van der Waals surface area (Å²) >= 11 is 3.81. The fourth-order valence-electron chi connectivity index (χ4n) is 11.4. The van der Waals surface area contributed by atoms with Gasteiger partial charge in [-0.05, 0) is 124 Å². The molecular formula is C65H105B2N5O4S2. The maximum atomic E-state index is 6.93. The first kappa shape index (κ1) is 62.9. The average molecular weight is 1110 g/mol. The van der Waals surface area contributed by atoms with E-state index in [4.69, 9.17) is 38.6 Å². The van der Waals surface area contributed by atoms with Gasteiger partial charge in [0, 0.05) is 36.9 Å². The van der Waals surface area contributed by atoms with Crippen molar-refractivity contribution >= 4 is 70.7 Å². The van der Waals surface area contributed by atoms with Crippen molar-refractivity contribution in [2.24, 2.45) is 20.0 Å². The van der Waals surface area contributed by atoms with Gasteiger partial charge in [0.05, 0.1) is 22.4 Å². The molecule has 2 aromatic rings. The second-order valence-electron chi connectivity index (χ2n) is 25.6. The molecule has 5 aliphatic heterocycles.